The molecule has 1 aromatic heterocycles. The van der Waals surface area contributed by atoms with Crippen LogP contribution < -0.4 is 5.32 Å². The van der Waals surface area contributed by atoms with Gasteiger partial charge in [-0.1, -0.05) is 47.5 Å². The summed E-state index contributed by atoms with van der Waals surface area (Å²) in [6, 6.07) is 11.7. The highest BCUT2D eigenvalue weighted by molar-refractivity contribution is 6.36. The third-order valence-electron chi connectivity index (χ3n) is 3.55. The smallest absolute Gasteiger partial charge is 0.100 e. The van der Waals surface area contributed by atoms with E-state index in [1.807, 2.05) is 43.0 Å². The first-order chi connectivity index (χ1) is 10.1. The van der Waals surface area contributed by atoms with E-state index in [1.54, 1.807) is 6.07 Å². The van der Waals surface area contributed by atoms with Crippen LogP contribution in [0.1, 0.15) is 5.69 Å². The van der Waals surface area contributed by atoms with Gasteiger partial charge in [-0.2, -0.15) is 5.10 Å². The quantitative estimate of drug-likeness (QED) is 0.738. The van der Waals surface area contributed by atoms with E-state index < -0.39 is 0 Å². The van der Waals surface area contributed by atoms with Gasteiger partial charge in [-0.25, -0.2) is 0 Å². The van der Waals surface area contributed by atoms with Crippen molar-refractivity contribution in [2.45, 2.75) is 6.54 Å². The molecule has 0 atom stereocenters. The van der Waals surface area contributed by atoms with Crippen molar-refractivity contribution in [3.63, 3.8) is 0 Å². The Kier molecular flexibility index (Phi) is 5.35. The molecule has 1 heterocycles. The second-order valence-corrected chi connectivity index (χ2v) is 5.77. The van der Waals surface area contributed by atoms with Crippen LogP contribution in [-0.4, -0.2) is 16.8 Å². The van der Waals surface area contributed by atoms with Gasteiger partial charge < -0.3 is 5.32 Å². The van der Waals surface area contributed by atoms with Crippen molar-refractivity contribution in [2.75, 3.05) is 7.05 Å². The van der Waals surface area contributed by atoms with Gasteiger partial charge in [0.25, 0.3) is 0 Å². The first kappa shape index (κ1) is 17.1. The summed E-state index contributed by atoms with van der Waals surface area (Å²) >= 11 is 12.3. The lowest BCUT2D eigenvalue weighted by atomic mass is 10.0. The summed E-state index contributed by atoms with van der Waals surface area (Å²) in [6.07, 6.45) is 0. The standard InChI is InChI=1S/C16H15Cl2N3.ClH/c1-19-9-15-13-5-3-4-12(16(13)20-21(15)2)11-7-6-10(17)8-14(11)18;/h3-8,19H,9H2,1-2H3;1H. The summed E-state index contributed by atoms with van der Waals surface area (Å²) in [5, 5.41) is 10.2. The molecule has 0 amide bonds. The number of aryl methyl sites for hydroxylation is 1. The van der Waals surface area contributed by atoms with Crippen molar-refractivity contribution in [2.24, 2.45) is 7.05 Å². The second-order valence-electron chi connectivity index (χ2n) is 4.93. The van der Waals surface area contributed by atoms with Crippen molar-refractivity contribution in [1.82, 2.24) is 15.1 Å². The Bertz CT molecular complexity index is 812. The summed E-state index contributed by atoms with van der Waals surface area (Å²) in [4.78, 5) is 0. The molecule has 22 heavy (non-hydrogen) atoms. The van der Waals surface area contributed by atoms with Crippen molar-refractivity contribution in [3.05, 3.63) is 52.1 Å². The molecule has 0 aliphatic heterocycles. The lowest BCUT2D eigenvalue weighted by Gasteiger charge is -2.06. The van der Waals surface area contributed by atoms with E-state index in [4.69, 9.17) is 23.2 Å². The van der Waals surface area contributed by atoms with Crippen molar-refractivity contribution in [1.29, 1.82) is 0 Å². The fraction of sp³-hybridized carbons (Fsp3) is 0.188. The maximum Gasteiger partial charge on any atom is 0.100 e. The summed E-state index contributed by atoms with van der Waals surface area (Å²) in [6.45, 7) is 0.769. The molecule has 2 aromatic carbocycles. The molecule has 0 aliphatic rings. The van der Waals surface area contributed by atoms with Crippen molar-refractivity contribution < 1.29 is 0 Å². The zero-order valence-corrected chi connectivity index (χ0v) is 14.6. The van der Waals surface area contributed by atoms with Gasteiger partial charge in [0.2, 0.25) is 0 Å². The number of aromatic nitrogens is 2. The van der Waals surface area contributed by atoms with E-state index in [0.717, 1.165) is 34.3 Å². The molecule has 0 saturated heterocycles. The van der Waals surface area contributed by atoms with Gasteiger partial charge in [-0.15, -0.1) is 12.4 Å². The van der Waals surface area contributed by atoms with Crippen LogP contribution in [0.3, 0.4) is 0 Å². The molecule has 116 valence electrons. The Labute approximate surface area is 145 Å². The topological polar surface area (TPSA) is 29.9 Å². The minimum absolute atomic E-state index is 0. The average molecular weight is 357 g/mol. The number of nitrogens with zero attached hydrogens (tertiary/aromatic N) is 2. The SMILES string of the molecule is CNCc1c2cccc(-c3ccc(Cl)cc3Cl)c2nn1C.Cl. The number of rotatable bonds is 3. The third-order valence-corrected chi connectivity index (χ3v) is 4.10. The van der Waals surface area contributed by atoms with Gasteiger partial charge >= 0.3 is 0 Å². The Balaban J connectivity index is 0.00000176. The molecule has 3 aromatic rings. The summed E-state index contributed by atoms with van der Waals surface area (Å²) < 4.78 is 1.91. The summed E-state index contributed by atoms with van der Waals surface area (Å²) in [5.41, 5.74) is 4.07. The molecule has 0 radical (unpaired) electrons. The van der Waals surface area contributed by atoms with Crippen LogP contribution in [0.2, 0.25) is 10.0 Å². The highest BCUT2D eigenvalue weighted by Crippen LogP contribution is 2.35. The van der Waals surface area contributed by atoms with Crippen LogP contribution in [-0.2, 0) is 13.6 Å². The van der Waals surface area contributed by atoms with Crippen LogP contribution >= 0.6 is 35.6 Å². The molecular formula is C16H16Cl3N3. The number of hydrogen-bond acceptors (Lipinski definition) is 2. The van der Waals surface area contributed by atoms with Crippen LogP contribution in [0.5, 0.6) is 0 Å². The summed E-state index contributed by atoms with van der Waals surface area (Å²) in [7, 11) is 3.89. The Morgan fingerprint density at radius 1 is 1.14 bits per heavy atom. The van der Waals surface area contributed by atoms with E-state index in [0.29, 0.717) is 10.0 Å². The monoisotopic (exact) mass is 355 g/mol. The van der Waals surface area contributed by atoms with Gasteiger partial charge in [0.05, 0.1) is 5.69 Å². The zero-order chi connectivity index (χ0) is 15.0. The highest BCUT2D eigenvalue weighted by Gasteiger charge is 2.14. The van der Waals surface area contributed by atoms with Gasteiger partial charge in [-0.3, -0.25) is 4.68 Å². The van der Waals surface area contributed by atoms with Gasteiger partial charge in [0.15, 0.2) is 0 Å². The maximum absolute atomic E-state index is 6.34. The van der Waals surface area contributed by atoms with Crippen molar-refractivity contribution in [3.8, 4) is 11.1 Å². The lowest BCUT2D eigenvalue weighted by molar-refractivity contribution is 0.680. The minimum atomic E-state index is 0. The number of nitrogens with one attached hydrogen (secondary N) is 1. The zero-order valence-electron chi connectivity index (χ0n) is 12.2. The molecule has 0 bridgehead atoms. The van der Waals surface area contributed by atoms with E-state index in [2.05, 4.69) is 16.5 Å². The molecule has 0 fully saturated rings. The van der Waals surface area contributed by atoms with Crippen molar-refractivity contribution >= 4 is 46.5 Å². The predicted molar refractivity (Wildman–Crippen MR) is 96.2 cm³/mol. The maximum atomic E-state index is 6.34. The predicted octanol–water partition coefficient (Wildman–Crippen LogP) is 4.69. The molecule has 0 aliphatic carbocycles. The number of hydrogen-bond donors (Lipinski definition) is 1. The number of fused-ring (bicyclic) bond motifs is 1. The van der Waals surface area contributed by atoms with Crippen LogP contribution in [0.4, 0.5) is 0 Å². The molecule has 6 heteroatoms. The normalized spacial score (nSPS) is 10.7. The first-order valence-corrected chi connectivity index (χ1v) is 7.42. The van der Waals surface area contributed by atoms with E-state index >= 15 is 0 Å². The third kappa shape index (κ3) is 2.95. The molecule has 3 nitrogen and oxygen atoms in total. The van der Waals surface area contributed by atoms with E-state index in [1.165, 1.54) is 0 Å². The molecule has 3 rings (SSSR count). The average Bonchev–Trinajstić information content (AvgIpc) is 2.76. The minimum Gasteiger partial charge on any atom is -0.314 e. The van der Waals surface area contributed by atoms with Gasteiger partial charge in [0, 0.05) is 40.2 Å². The fourth-order valence-electron chi connectivity index (χ4n) is 2.57. The molecular weight excluding hydrogens is 341 g/mol. The number of halogens is 3. The Hall–Kier alpha value is -1.26. The first-order valence-electron chi connectivity index (χ1n) is 6.66. The van der Waals surface area contributed by atoms with Crippen LogP contribution in [0, 0.1) is 0 Å². The lowest BCUT2D eigenvalue weighted by Crippen LogP contribution is -2.09. The largest absolute Gasteiger partial charge is 0.314 e. The van der Waals surface area contributed by atoms with Crippen LogP contribution in [0.25, 0.3) is 22.0 Å². The number of benzene rings is 2. The molecule has 1 N–H and O–H groups in total. The molecule has 0 saturated carbocycles. The fourth-order valence-corrected chi connectivity index (χ4v) is 3.08. The summed E-state index contributed by atoms with van der Waals surface area (Å²) in [5.74, 6) is 0. The molecule has 0 unspecified atom stereocenters. The molecule has 0 spiro atoms. The van der Waals surface area contributed by atoms with E-state index in [9.17, 15) is 0 Å². The Morgan fingerprint density at radius 2 is 1.91 bits per heavy atom. The van der Waals surface area contributed by atoms with Gasteiger partial charge in [0.1, 0.15) is 5.52 Å². The highest BCUT2D eigenvalue weighted by atomic mass is 35.5. The Morgan fingerprint density at radius 3 is 2.59 bits per heavy atom. The van der Waals surface area contributed by atoms with Crippen LogP contribution in [0.15, 0.2) is 36.4 Å². The van der Waals surface area contributed by atoms with Gasteiger partial charge in [-0.05, 0) is 19.2 Å². The van der Waals surface area contributed by atoms with E-state index in [-0.39, 0.29) is 12.4 Å². The second kappa shape index (κ2) is 6.88.